The predicted octanol–water partition coefficient (Wildman–Crippen LogP) is 3.46. The highest BCUT2D eigenvalue weighted by Crippen LogP contribution is 2.18. The van der Waals surface area contributed by atoms with E-state index < -0.39 is 0 Å². The maximum Gasteiger partial charge on any atom is 0.191 e. The van der Waals surface area contributed by atoms with E-state index in [-0.39, 0.29) is 0 Å². The van der Waals surface area contributed by atoms with E-state index in [4.69, 9.17) is 0 Å². The molecule has 1 saturated carbocycles. The van der Waals surface area contributed by atoms with Gasteiger partial charge in [0.2, 0.25) is 0 Å². The van der Waals surface area contributed by atoms with Crippen LogP contribution in [0.5, 0.6) is 0 Å². The minimum atomic E-state index is 0.573. The van der Waals surface area contributed by atoms with Crippen LogP contribution >= 0.6 is 0 Å². The van der Waals surface area contributed by atoms with E-state index in [0.29, 0.717) is 6.04 Å². The van der Waals surface area contributed by atoms with Gasteiger partial charge in [-0.1, -0.05) is 38.2 Å². The smallest absolute Gasteiger partial charge is 0.191 e. The molecule has 25 heavy (non-hydrogen) atoms. The van der Waals surface area contributed by atoms with Gasteiger partial charge in [0, 0.05) is 38.9 Å². The first-order chi connectivity index (χ1) is 12.3. The molecule has 0 amide bonds. The fourth-order valence-corrected chi connectivity index (χ4v) is 3.83. The molecule has 3 rings (SSSR count). The maximum atomic E-state index is 4.69. The van der Waals surface area contributed by atoms with E-state index in [1.807, 2.05) is 13.2 Å². The number of hydrogen-bond donors (Lipinski definition) is 2. The molecule has 1 aliphatic carbocycles. The Morgan fingerprint density at radius 2 is 1.80 bits per heavy atom. The average molecular weight is 344 g/mol. The van der Waals surface area contributed by atoms with Gasteiger partial charge in [-0.25, -0.2) is 4.98 Å². The second kappa shape index (κ2) is 9.64. The molecule has 0 atom stereocenters. The molecule has 1 aromatic rings. The quantitative estimate of drug-likeness (QED) is 0.649. The molecule has 0 unspecified atom stereocenters. The van der Waals surface area contributed by atoms with E-state index >= 15 is 0 Å². The Morgan fingerprint density at radius 1 is 1.08 bits per heavy atom. The van der Waals surface area contributed by atoms with Crippen molar-refractivity contribution in [3.8, 4) is 0 Å². The summed E-state index contributed by atoms with van der Waals surface area (Å²) >= 11 is 0. The maximum absolute atomic E-state index is 4.69. The van der Waals surface area contributed by atoms with E-state index in [9.17, 15) is 0 Å². The monoisotopic (exact) mass is 343 g/mol. The summed E-state index contributed by atoms with van der Waals surface area (Å²) in [4.78, 5) is 11.5. The lowest BCUT2D eigenvalue weighted by Crippen LogP contribution is -2.43. The van der Waals surface area contributed by atoms with Crippen LogP contribution in [-0.2, 0) is 6.54 Å². The summed E-state index contributed by atoms with van der Waals surface area (Å²) < 4.78 is 0. The fourth-order valence-electron chi connectivity index (χ4n) is 3.83. The molecule has 138 valence electrons. The van der Waals surface area contributed by atoms with Crippen molar-refractivity contribution in [2.45, 2.75) is 70.4 Å². The Hall–Kier alpha value is -1.78. The molecular formula is C20H33N5. The van der Waals surface area contributed by atoms with Crippen molar-refractivity contribution >= 4 is 11.8 Å². The first-order valence-corrected chi connectivity index (χ1v) is 10.0. The van der Waals surface area contributed by atoms with Crippen LogP contribution in [0.1, 0.15) is 63.4 Å². The largest absolute Gasteiger partial charge is 0.357 e. The highest BCUT2D eigenvalue weighted by atomic mass is 15.2. The minimum absolute atomic E-state index is 0.573. The number of hydrogen-bond acceptors (Lipinski definition) is 3. The lowest BCUT2D eigenvalue weighted by atomic mass is 9.96. The number of aliphatic imine (C=N–C) groups is 1. The molecule has 0 radical (unpaired) electrons. The first kappa shape index (κ1) is 18.0. The summed E-state index contributed by atoms with van der Waals surface area (Å²) in [5, 5.41) is 6.98. The van der Waals surface area contributed by atoms with Crippen molar-refractivity contribution in [3.05, 3.63) is 23.9 Å². The Kier molecular flexibility index (Phi) is 6.95. The zero-order valence-corrected chi connectivity index (χ0v) is 15.6. The molecule has 1 aliphatic heterocycles. The Labute approximate surface area is 152 Å². The van der Waals surface area contributed by atoms with Crippen molar-refractivity contribution in [1.82, 2.24) is 15.6 Å². The van der Waals surface area contributed by atoms with E-state index in [0.717, 1.165) is 31.4 Å². The predicted molar refractivity (Wildman–Crippen MR) is 105 cm³/mol. The normalized spacial score (nSPS) is 20.2. The van der Waals surface area contributed by atoms with E-state index in [2.05, 4.69) is 37.6 Å². The average Bonchev–Trinajstić information content (AvgIpc) is 2.96. The number of rotatable bonds is 4. The standard InChI is InChI=1S/C20H33N5/c1-21-20(24-18-9-5-4-6-10-18)23-16-17-11-12-19(22-15-17)25-13-7-2-3-8-14-25/h11-12,15,18H,2-10,13-14,16H2,1H3,(H2,21,23,24). The molecule has 2 fully saturated rings. The Bertz CT molecular complexity index is 526. The van der Waals surface area contributed by atoms with Crippen molar-refractivity contribution in [1.29, 1.82) is 0 Å². The van der Waals surface area contributed by atoms with Gasteiger partial charge in [0.1, 0.15) is 5.82 Å². The molecular weight excluding hydrogens is 310 g/mol. The number of guanidine groups is 1. The van der Waals surface area contributed by atoms with E-state index in [1.54, 1.807) is 0 Å². The number of nitrogens with one attached hydrogen (secondary N) is 2. The van der Waals surface area contributed by atoms with Crippen molar-refractivity contribution in [2.24, 2.45) is 4.99 Å². The minimum Gasteiger partial charge on any atom is -0.357 e. The van der Waals surface area contributed by atoms with Gasteiger partial charge in [0.05, 0.1) is 0 Å². The molecule has 1 aromatic heterocycles. The van der Waals surface area contributed by atoms with Gasteiger partial charge < -0.3 is 15.5 Å². The second-order valence-corrected chi connectivity index (χ2v) is 7.33. The van der Waals surface area contributed by atoms with Crippen LogP contribution in [0.2, 0.25) is 0 Å². The van der Waals surface area contributed by atoms with Crippen LogP contribution in [0.15, 0.2) is 23.3 Å². The number of anilines is 1. The molecule has 0 aromatic carbocycles. The summed E-state index contributed by atoms with van der Waals surface area (Å²) in [6.07, 6.45) is 13.8. The molecule has 2 aliphatic rings. The SMILES string of the molecule is CN=C(NCc1ccc(N2CCCCCC2)nc1)NC1CCCCC1. The molecule has 5 heteroatoms. The van der Waals surface area contributed by atoms with E-state index in [1.165, 1.54) is 63.4 Å². The summed E-state index contributed by atoms with van der Waals surface area (Å²) in [5.74, 6) is 2.03. The van der Waals surface area contributed by atoms with Crippen molar-refractivity contribution in [3.63, 3.8) is 0 Å². The van der Waals surface area contributed by atoms with Gasteiger partial charge in [-0.2, -0.15) is 0 Å². The van der Waals surface area contributed by atoms with Crippen LogP contribution in [0.3, 0.4) is 0 Å². The van der Waals surface area contributed by atoms with Gasteiger partial charge in [-0.3, -0.25) is 4.99 Å². The molecule has 0 bridgehead atoms. The van der Waals surface area contributed by atoms with Gasteiger partial charge in [-0.15, -0.1) is 0 Å². The summed E-state index contributed by atoms with van der Waals surface area (Å²) in [7, 11) is 1.85. The summed E-state index contributed by atoms with van der Waals surface area (Å²) in [5.41, 5.74) is 1.20. The highest BCUT2D eigenvalue weighted by molar-refractivity contribution is 5.79. The molecule has 5 nitrogen and oxygen atoms in total. The lowest BCUT2D eigenvalue weighted by Gasteiger charge is -2.25. The van der Waals surface area contributed by atoms with Crippen LogP contribution < -0.4 is 15.5 Å². The zero-order valence-electron chi connectivity index (χ0n) is 15.6. The highest BCUT2D eigenvalue weighted by Gasteiger charge is 2.14. The molecule has 2 heterocycles. The topological polar surface area (TPSA) is 52.6 Å². The summed E-state index contributed by atoms with van der Waals surface area (Å²) in [6.45, 7) is 3.05. The second-order valence-electron chi connectivity index (χ2n) is 7.33. The zero-order chi connectivity index (χ0) is 17.3. The summed E-state index contributed by atoms with van der Waals surface area (Å²) in [6, 6.07) is 4.93. The molecule has 1 saturated heterocycles. The van der Waals surface area contributed by atoms with Gasteiger partial charge in [0.15, 0.2) is 5.96 Å². The fraction of sp³-hybridized carbons (Fsp3) is 0.700. The third-order valence-electron chi connectivity index (χ3n) is 5.37. The van der Waals surface area contributed by atoms with Gasteiger partial charge >= 0.3 is 0 Å². The van der Waals surface area contributed by atoms with Gasteiger partial charge in [-0.05, 0) is 37.3 Å². The first-order valence-electron chi connectivity index (χ1n) is 10.0. The van der Waals surface area contributed by atoms with Crippen LogP contribution in [-0.4, -0.2) is 37.1 Å². The lowest BCUT2D eigenvalue weighted by molar-refractivity contribution is 0.410. The van der Waals surface area contributed by atoms with Gasteiger partial charge in [0.25, 0.3) is 0 Å². The molecule has 2 N–H and O–H groups in total. The Balaban J connectivity index is 1.48. The van der Waals surface area contributed by atoms with Crippen LogP contribution in [0, 0.1) is 0 Å². The third-order valence-corrected chi connectivity index (χ3v) is 5.37. The third kappa shape index (κ3) is 5.62. The Morgan fingerprint density at radius 3 is 2.44 bits per heavy atom. The van der Waals surface area contributed by atoms with Crippen LogP contribution in [0.4, 0.5) is 5.82 Å². The van der Waals surface area contributed by atoms with Crippen molar-refractivity contribution in [2.75, 3.05) is 25.0 Å². The number of nitrogens with zero attached hydrogens (tertiary/aromatic N) is 3. The number of pyridine rings is 1. The van der Waals surface area contributed by atoms with Crippen LogP contribution in [0.25, 0.3) is 0 Å². The molecule has 0 spiro atoms. The van der Waals surface area contributed by atoms with Crippen molar-refractivity contribution < 1.29 is 0 Å². The number of aromatic nitrogens is 1.